The summed E-state index contributed by atoms with van der Waals surface area (Å²) in [6, 6.07) is 3.84. The summed E-state index contributed by atoms with van der Waals surface area (Å²) in [5.41, 5.74) is 1.03. The van der Waals surface area contributed by atoms with Crippen molar-refractivity contribution in [2.45, 2.75) is 26.2 Å². The first kappa shape index (κ1) is 22.7. The number of thiazole rings is 1. The molecule has 0 aliphatic carbocycles. The summed E-state index contributed by atoms with van der Waals surface area (Å²) in [4.78, 5) is 17.8. The van der Waals surface area contributed by atoms with Crippen molar-refractivity contribution in [2.75, 3.05) is 19.6 Å². The van der Waals surface area contributed by atoms with Crippen LogP contribution < -0.4 is 10.6 Å². The van der Waals surface area contributed by atoms with Gasteiger partial charge in [-0.2, -0.15) is 0 Å². The molecule has 2 aromatic rings. The fourth-order valence-corrected chi connectivity index (χ4v) is 4.61. The van der Waals surface area contributed by atoms with Crippen LogP contribution in [0.5, 0.6) is 0 Å². The molecular formula is C16H22Cl3N3OS2. The van der Waals surface area contributed by atoms with Crippen LogP contribution in [0.25, 0.3) is 9.88 Å². The maximum absolute atomic E-state index is 12.2. The lowest BCUT2D eigenvalue weighted by Gasteiger charge is -2.34. The fraction of sp³-hybridized carbons (Fsp3) is 0.500. The Balaban J connectivity index is 0.00000156. The third-order valence-corrected chi connectivity index (χ3v) is 6.49. The van der Waals surface area contributed by atoms with Crippen molar-refractivity contribution in [1.82, 2.24) is 15.6 Å². The van der Waals surface area contributed by atoms with Gasteiger partial charge < -0.3 is 10.6 Å². The van der Waals surface area contributed by atoms with Crippen LogP contribution in [0.1, 0.15) is 25.5 Å². The Morgan fingerprint density at radius 1 is 1.36 bits per heavy atom. The summed E-state index contributed by atoms with van der Waals surface area (Å²) in [5.74, 6) is 0.0471. The number of aromatic nitrogens is 1. The predicted molar refractivity (Wildman–Crippen MR) is 112 cm³/mol. The van der Waals surface area contributed by atoms with Crippen molar-refractivity contribution in [1.29, 1.82) is 0 Å². The highest BCUT2D eigenvalue weighted by molar-refractivity contribution is 7.23. The van der Waals surface area contributed by atoms with Gasteiger partial charge in [-0.1, -0.05) is 18.5 Å². The summed E-state index contributed by atoms with van der Waals surface area (Å²) < 4.78 is 0.754. The molecule has 3 rings (SSSR count). The van der Waals surface area contributed by atoms with E-state index in [1.807, 2.05) is 17.5 Å². The summed E-state index contributed by atoms with van der Waals surface area (Å²) in [6.45, 7) is 5.05. The molecule has 1 amide bonds. The number of thiophene rings is 1. The van der Waals surface area contributed by atoms with E-state index in [1.165, 1.54) is 11.3 Å². The smallest absolute Gasteiger partial charge is 0.226 e. The molecule has 0 unspecified atom stereocenters. The molecule has 3 heterocycles. The van der Waals surface area contributed by atoms with Gasteiger partial charge in [-0.05, 0) is 43.5 Å². The number of nitrogens with zero attached hydrogens (tertiary/aromatic N) is 1. The monoisotopic (exact) mass is 441 g/mol. The van der Waals surface area contributed by atoms with E-state index in [-0.39, 0.29) is 36.1 Å². The van der Waals surface area contributed by atoms with Crippen LogP contribution in [0, 0.1) is 5.41 Å². The molecule has 9 heteroatoms. The third kappa shape index (κ3) is 6.38. The first-order valence-corrected chi connectivity index (χ1v) is 9.79. The van der Waals surface area contributed by atoms with E-state index >= 15 is 0 Å². The summed E-state index contributed by atoms with van der Waals surface area (Å²) >= 11 is 9.02. The van der Waals surface area contributed by atoms with Crippen molar-refractivity contribution >= 4 is 65.0 Å². The van der Waals surface area contributed by atoms with Gasteiger partial charge in [-0.25, -0.2) is 4.98 Å². The van der Waals surface area contributed by atoms with Crippen LogP contribution in [0.3, 0.4) is 0 Å². The van der Waals surface area contributed by atoms with E-state index in [2.05, 4.69) is 22.5 Å². The van der Waals surface area contributed by atoms with Crippen LogP contribution >= 0.6 is 59.1 Å². The Labute approximate surface area is 173 Å². The van der Waals surface area contributed by atoms with E-state index in [0.717, 1.165) is 52.4 Å². The van der Waals surface area contributed by atoms with Crippen molar-refractivity contribution in [3.63, 3.8) is 0 Å². The number of carbonyl (C=O) groups excluding carboxylic acids is 1. The predicted octanol–water partition coefficient (Wildman–Crippen LogP) is 4.42. The molecule has 25 heavy (non-hydrogen) atoms. The molecule has 0 aromatic carbocycles. The topological polar surface area (TPSA) is 54.0 Å². The van der Waals surface area contributed by atoms with Crippen molar-refractivity contribution < 1.29 is 4.79 Å². The maximum Gasteiger partial charge on any atom is 0.226 e. The Morgan fingerprint density at radius 2 is 2.08 bits per heavy atom. The highest BCUT2D eigenvalue weighted by Crippen LogP contribution is 2.33. The van der Waals surface area contributed by atoms with Gasteiger partial charge in [-0.3, -0.25) is 4.79 Å². The van der Waals surface area contributed by atoms with Crippen LogP contribution in [0.2, 0.25) is 4.34 Å². The number of hydrogen-bond donors (Lipinski definition) is 2. The Bertz CT molecular complexity index is 684. The van der Waals surface area contributed by atoms with Crippen molar-refractivity contribution in [3.05, 3.63) is 27.5 Å². The first-order valence-electron chi connectivity index (χ1n) is 7.72. The Morgan fingerprint density at radius 3 is 2.72 bits per heavy atom. The SMILES string of the molecule is CC1(CNC(=O)Cc2csc(-c3ccc(Cl)s3)n2)CCNCC1.Cl.Cl. The standard InChI is InChI=1S/C16H20ClN3OS2.2ClH/c1-16(4-6-18-7-5-16)10-19-14(21)8-11-9-22-15(20-11)12-2-3-13(17)23-12;;/h2-3,9,18H,4-8,10H2,1H3,(H,19,21);2*1H. The molecule has 0 radical (unpaired) electrons. The number of hydrogen-bond acceptors (Lipinski definition) is 5. The minimum atomic E-state index is 0. The molecule has 1 aliphatic rings. The molecule has 0 saturated carbocycles. The molecule has 0 atom stereocenters. The zero-order chi connectivity index (χ0) is 16.3. The number of nitrogens with one attached hydrogen (secondary N) is 2. The van der Waals surface area contributed by atoms with Gasteiger partial charge in [0.25, 0.3) is 0 Å². The quantitative estimate of drug-likeness (QED) is 0.721. The lowest BCUT2D eigenvalue weighted by Crippen LogP contribution is -2.43. The van der Waals surface area contributed by atoms with Crippen LogP contribution in [0.15, 0.2) is 17.5 Å². The zero-order valence-electron chi connectivity index (χ0n) is 13.8. The van der Waals surface area contributed by atoms with E-state index in [9.17, 15) is 4.79 Å². The minimum Gasteiger partial charge on any atom is -0.355 e. The lowest BCUT2D eigenvalue weighted by molar-refractivity contribution is -0.121. The summed E-state index contributed by atoms with van der Waals surface area (Å²) in [5, 5.41) is 9.31. The molecular weight excluding hydrogens is 421 g/mol. The van der Waals surface area contributed by atoms with E-state index in [0.29, 0.717) is 6.42 Å². The molecule has 1 saturated heterocycles. The van der Waals surface area contributed by atoms with Gasteiger partial charge >= 0.3 is 0 Å². The van der Waals surface area contributed by atoms with E-state index in [1.54, 1.807) is 11.3 Å². The fourth-order valence-electron chi connectivity index (χ4n) is 2.68. The molecule has 1 fully saturated rings. The lowest BCUT2D eigenvalue weighted by atomic mass is 9.81. The average molecular weight is 443 g/mol. The number of rotatable bonds is 5. The highest BCUT2D eigenvalue weighted by atomic mass is 35.5. The van der Waals surface area contributed by atoms with Gasteiger partial charge in [0.05, 0.1) is 21.3 Å². The number of amides is 1. The molecule has 4 nitrogen and oxygen atoms in total. The molecule has 2 N–H and O–H groups in total. The molecule has 140 valence electrons. The van der Waals surface area contributed by atoms with Gasteiger partial charge in [0, 0.05) is 11.9 Å². The Hall–Kier alpha value is -0.370. The third-order valence-electron chi connectivity index (χ3n) is 4.20. The van der Waals surface area contributed by atoms with Crippen molar-refractivity contribution in [3.8, 4) is 9.88 Å². The molecule has 0 bridgehead atoms. The van der Waals surface area contributed by atoms with Crippen LogP contribution in [-0.4, -0.2) is 30.5 Å². The molecule has 2 aromatic heterocycles. The van der Waals surface area contributed by atoms with Gasteiger partial charge in [0.1, 0.15) is 5.01 Å². The number of halogens is 3. The minimum absolute atomic E-state index is 0. The second-order valence-corrected chi connectivity index (χ2v) is 8.84. The van der Waals surface area contributed by atoms with Crippen LogP contribution in [0.4, 0.5) is 0 Å². The number of carbonyl (C=O) groups is 1. The van der Waals surface area contributed by atoms with E-state index < -0.39 is 0 Å². The second kappa shape index (κ2) is 10.1. The van der Waals surface area contributed by atoms with Gasteiger partial charge in [0.15, 0.2) is 0 Å². The summed E-state index contributed by atoms with van der Waals surface area (Å²) in [6.07, 6.45) is 2.55. The van der Waals surface area contributed by atoms with Gasteiger partial charge in [0.2, 0.25) is 5.91 Å². The second-order valence-electron chi connectivity index (χ2n) is 6.26. The maximum atomic E-state index is 12.2. The average Bonchev–Trinajstić information content (AvgIpc) is 3.15. The number of piperidine rings is 1. The largest absolute Gasteiger partial charge is 0.355 e. The normalized spacial score (nSPS) is 15.8. The first-order chi connectivity index (χ1) is 11.0. The van der Waals surface area contributed by atoms with Gasteiger partial charge in [-0.15, -0.1) is 47.5 Å². The van der Waals surface area contributed by atoms with Crippen LogP contribution in [-0.2, 0) is 11.2 Å². The zero-order valence-corrected chi connectivity index (χ0v) is 17.9. The highest BCUT2D eigenvalue weighted by Gasteiger charge is 2.27. The van der Waals surface area contributed by atoms with E-state index in [4.69, 9.17) is 11.6 Å². The molecule has 1 aliphatic heterocycles. The van der Waals surface area contributed by atoms with Crippen molar-refractivity contribution in [2.24, 2.45) is 5.41 Å². The Kier molecular flexibility index (Phi) is 9.15. The summed E-state index contributed by atoms with van der Waals surface area (Å²) in [7, 11) is 0. The molecule has 0 spiro atoms.